The van der Waals surface area contributed by atoms with Gasteiger partial charge in [0.1, 0.15) is 0 Å². The zero-order valence-electron chi connectivity index (χ0n) is 13.5. The van der Waals surface area contributed by atoms with E-state index in [0.717, 1.165) is 0 Å². The van der Waals surface area contributed by atoms with Crippen LogP contribution >= 0.6 is 0 Å². The first-order valence-corrected chi connectivity index (χ1v) is 9.95. The molecule has 0 bridgehead atoms. The Hall–Kier alpha value is -1.15. The Labute approximate surface area is 137 Å². The molecular formula is C15H26N2O5S. The van der Waals surface area contributed by atoms with Gasteiger partial charge in [-0.25, -0.2) is 12.7 Å². The molecule has 1 amide bonds. The summed E-state index contributed by atoms with van der Waals surface area (Å²) in [5, 5.41) is 12.0. The molecule has 0 radical (unpaired) electrons. The van der Waals surface area contributed by atoms with Crippen molar-refractivity contribution in [3.63, 3.8) is 0 Å². The summed E-state index contributed by atoms with van der Waals surface area (Å²) in [7, 11) is -3.14. The van der Waals surface area contributed by atoms with E-state index in [0.29, 0.717) is 51.6 Å². The number of rotatable bonds is 5. The standard InChI is InChI=1S/C15H26N2O5S/c1-2-23(21,22)17-9-7-13(8-10-17)16-14(18)11-3-5-12(6-4-11)15(19)20/h11-13H,2-10H2,1H3,(H,16,18)(H,19,20). The maximum atomic E-state index is 12.3. The molecule has 0 aromatic heterocycles. The van der Waals surface area contributed by atoms with Gasteiger partial charge in [-0.2, -0.15) is 0 Å². The summed E-state index contributed by atoms with van der Waals surface area (Å²) in [4.78, 5) is 23.2. The number of piperidine rings is 1. The number of amides is 1. The fourth-order valence-electron chi connectivity index (χ4n) is 3.38. The number of aliphatic carboxylic acids is 1. The predicted octanol–water partition coefficient (Wildman–Crippen LogP) is 0.808. The molecule has 0 atom stereocenters. The van der Waals surface area contributed by atoms with E-state index in [1.165, 1.54) is 4.31 Å². The van der Waals surface area contributed by atoms with Gasteiger partial charge in [0.15, 0.2) is 0 Å². The van der Waals surface area contributed by atoms with E-state index in [9.17, 15) is 18.0 Å². The Kier molecular flexibility index (Phi) is 6.02. The van der Waals surface area contributed by atoms with Gasteiger partial charge in [0.05, 0.1) is 11.7 Å². The molecule has 0 aromatic carbocycles. The number of nitrogens with one attached hydrogen (secondary N) is 1. The fourth-order valence-corrected chi connectivity index (χ4v) is 4.51. The monoisotopic (exact) mass is 346 g/mol. The molecule has 2 rings (SSSR count). The molecule has 23 heavy (non-hydrogen) atoms. The molecule has 132 valence electrons. The van der Waals surface area contributed by atoms with Crippen molar-refractivity contribution in [1.29, 1.82) is 0 Å². The molecule has 1 aliphatic heterocycles. The lowest BCUT2D eigenvalue weighted by molar-refractivity contribution is -0.144. The highest BCUT2D eigenvalue weighted by atomic mass is 32.2. The number of carboxylic acid groups (broad SMARTS) is 1. The zero-order chi connectivity index (χ0) is 17.0. The number of nitrogens with zero attached hydrogens (tertiary/aromatic N) is 1. The minimum atomic E-state index is -3.14. The average molecular weight is 346 g/mol. The Bertz CT molecular complexity index is 532. The quantitative estimate of drug-likeness (QED) is 0.766. The van der Waals surface area contributed by atoms with Crippen LogP contribution in [0.2, 0.25) is 0 Å². The summed E-state index contributed by atoms with van der Waals surface area (Å²) in [6, 6.07) is 0.0167. The lowest BCUT2D eigenvalue weighted by atomic mass is 9.81. The number of hydrogen-bond acceptors (Lipinski definition) is 4. The van der Waals surface area contributed by atoms with E-state index >= 15 is 0 Å². The third kappa shape index (κ3) is 4.67. The third-order valence-electron chi connectivity index (χ3n) is 5.01. The van der Waals surface area contributed by atoms with Gasteiger partial charge in [-0.15, -0.1) is 0 Å². The van der Waals surface area contributed by atoms with Crippen LogP contribution in [0.5, 0.6) is 0 Å². The van der Waals surface area contributed by atoms with Gasteiger partial charge in [-0.1, -0.05) is 0 Å². The third-order valence-corrected chi connectivity index (χ3v) is 6.89. The van der Waals surface area contributed by atoms with E-state index < -0.39 is 16.0 Å². The first-order chi connectivity index (χ1) is 10.8. The molecule has 0 spiro atoms. The second kappa shape index (κ2) is 7.61. The smallest absolute Gasteiger partial charge is 0.306 e. The number of carbonyl (C=O) groups is 2. The molecule has 1 saturated heterocycles. The van der Waals surface area contributed by atoms with E-state index in [2.05, 4.69) is 5.32 Å². The number of sulfonamides is 1. The molecule has 2 N–H and O–H groups in total. The average Bonchev–Trinajstić information content (AvgIpc) is 2.55. The van der Waals surface area contributed by atoms with Crippen LogP contribution in [0, 0.1) is 11.8 Å². The molecule has 0 aromatic rings. The van der Waals surface area contributed by atoms with Gasteiger partial charge in [0.25, 0.3) is 0 Å². The maximum absolute atomic E-state index is 12.3. The minimum absolute atomic E-state index is 0.00867. The van der Waals surface area contributed by atoms with Gasteiger partial charge in [0, 0.05) is 25.0 Å². The predicted molar refractivity (Wildman–Crippen MR) is 85.3 cm³/mol. The molecule has 7 nitrogen and oxygen atoms in total. The van der Waals surface area contributed by atoms with E-state index in [4.69, 9.17) is 5.11 Å². The van der Waals surface area contributed by atoms with Crippen LogP contribution in [0.4, 0.5) is 0 Å². The van der Waals surface area contributed by atoms with Gasteiger partial charge in [0.2, 0.25) is 15.9 Å². The van der Waals surface area contributed by atoms with Crippen molar-refractivity contribution < 1.29 is 23.1 Å². The van der Waals surface area contributed by atoms with E-state index in [1.54, 1.807) is 6.92 Å². The molecule has 0 unspecified atom stereocenters. The Balaban J connectivity index is 1.76. The molecule has 2 aliphatic rings. The molecule has 1 heterocycles. The Morgan fingerprint density at radius 2 is 1.57 bits per heavy atom. The molecule has 2 fully saturated rings. The van der Waals surface area contributed by atoms with Crippen molar-refractivity contribution in [2.45, 2.75) is 51.5 Å². The first kappa shape index (κ1) is 18.2. The summed E-state index contributed by atoms with van der Waals surface area (Å²) in [6.45, 7) is 2.54. The largest absolute Gasteiger partial charge is 0.481 e. The van der Waals surface area contributed by atoms with Crippen LogP contribution in [0.3, 0.4) is 0 Å². The highest BCUT2D eigenvalue weighted by molar-refractivity contribution is 7.89. The SMILES string of the molecule is CCS(=O)(=O)N1CCC(NC(=O)C2CCC(C(=O)O)CC2)CC1. The number of carboxylic acids is 1. The van der Waals surface area contributed by atoms with Crippen LogP contribution in [0.15, 0.2) is 0 Å². The lowest BCUT2D eigenvalue weighted by Gasteiger charge is -2.33. The normalized spacial score (nSPS) is 27.5. The van der Waals surface area contributed by atoms with Crippen molar-refractivity contribution in [2.75, 3.05) is 18.8 Å². The highest BCUT2D eigenvalue weighted by Crippen LogP contribution is 2.29. The second-order valence-corrected chi connectivity index (χ2v) is 8.73. The maximum Gasteiger partial charge on any atom is 0.306 e. The lowest BCUT2D eigenvalue weighted by Crippen LogP contribution is -2.48. The van der Waals surface area contributed by atoms with Gasteiger partial charge in [-0.3, -0.25) is 9.59 Å². The van der Waals surface area contributed by atoms with Crippen LogP contribution < -0.4 is 5.32 Å². The summed E-state index contributed by atoms with van der Waals surface area (Å²) in [5.41, 5.74) is 0. The van der Waals surface area contributed by atoms with Gasteiger partial charge in [-0.05, 0) is 45.4 Å². The molecule has 8 heteroatoms. The van der Waals surface area contributed by atoms with Gasteiger partial charge < -0.3 is 10.4 Å². The summed E-state index contributed by atoms with van der Waals surface area (Å²) < 4.78 is 25.1. The Morgan fingerprint density at radius 3 is 2.04 bits per heavy atom. The number of hydrogen-bond donors (Lipinski definition) is 2. The highest BCUT2D eigenvalue weighted by Gasteiger charge is 2.32. The topological polar surface area (TPSA) is 104 Å². The van der Waals surface area contributed by atoms with Crippen LogP contribution in [0.25, 0.3) is 0 Å². The Morgan fingerprint density at radius 1 is 1.04 bits per heavy atom. The van der Waals surface area contributed by atoms with E-state index in [-0.39, 0.29) is 29.5 Å². The molecular weight excluding hydrogens is 320 g/mol. The van der Waals surface area contributed by atoms with Crippen molar-refractivity contribution in [3.05, 3.63) is 0 Å². The molecule has 1 aliphatic carbocycles. The summed E-state index contributed by atoms with van der Waals surface area (Å²) in [5.74, 6) is -1.10. The fraction of sp³-hybridized carbons (Fsp3) is 0.867. The van der Waals surface area contributed by atoms with Crippen molar-refractivity contribution in [1.82, 2.24) is 9.62 Å². The van der Waals surface area contributed by atoms with Crippen molar-refractivity contribution in [2.24, 2.45) is 11.8 Å². The number of carbonyl (C=O) groups excluding carboxylic acids is 1. The van der Waals surface area contributed by atoms with Crippen LogP contribution in [0.1, 0.15) is 45.4 Å². The summed E-state index contributed by atoms with van der Waals surface area (Å²) >= 11 is 0. The molecule has 1 saturated carbocycles. The minimum Gasteiger partial charge on any atom is -0.481 e. The van der Waals surface area contributed by atoms with Gasteiger partial charge >= 0.3 is 5.97 Å². The first-order valence-electron chi connectivity index (χ1n) is 8.34. The zero-order valence-corrected chi connectivity index (χ0v) is 14.3. The van der Waals surface area contributed by atoms with E-state index in [1.807, 2.05) is 0 Å². The van der Waals surface area contributed by atoms with Crippen LogP contribution in [-0.2, 0) is 19.6 Å². The van der Waals surface area contributed by atoms with Crippen molar-refractivity contribution in [3.8, 4) is 0 Å². The summed E-state index contributed by atoms with van der Waals surface area (Å²) in [6.07, 6.45) is 3.61. The second-order valence-electron chi connectivity index (χ2n) is 6.47. The van der Waals surface area contributed by atoms with Crippen LogP contribution in [-0.4, -0.2) is 54.6 Å². The van der Waals surface area contributed by atoms with Crippen molar-refractivity contribution >= 4 is 21.9 Å².